The predicted molar refractivity (Wildman–Crippen MR) is 85.3 cm³/mol. The summed E-state index contributed by atoms with van der Waals surface area (Å²) in [5.74, 6) is 1.04. The first-order chi connectivity index (χ1) is 9.81. The maximum atomic E-state index is 12.6. The van der Waals surface area contributed by atoms with Crippen LogP contribution in [0.2, 0.25) is 0 Å². The normalized spacial score (nSPS) is 12.0. The lowest BCUT2D eigenvalue weighted by molar-refractivity contribution is 0.492. The van der Waals surface area contributed by atoms with E-state index in [1.54, 1.807) is 25.3 Å². The molecule has 2 aromatic rings. The van der Waals surface area contributed by atoms with E-state index < -0.39 is 10.0 Å². The zero-order valence-electron chi connectivity index (χ0n) is 12.6. The molecular formula is C14H20N2O3S2. The zero-order valence-corrected chi connectivity index (χ0v) is 14.2. The van der Waals surface area contributed by atoms with Gasteiger partial charge < -0.3 is 9.73 Å². The molecule has 0 spiro atoms. The summed E-state index contributed by atoms with van der Waals surface area (Å²) in [6.07, 6.45) is 0. The number of nitrogens with one attached hydrogen (secondary N) is 2. The Morgan fingerprint density at radius 2 is 2.00 bits per heavy atom. The lowest BCUT2D eigenvalue weighted by Gasteiger charge is -2.11. The summed E-state index contributed by atoms with van der Waals surface area (Å²) in [5.41, 5.74) is 1.25. The molecule has 0 fully saturated rings. The smallest absolute Gasteiger partial charge is 0.265 e. The third-order valence-electron chi connectivity index (χ3n) is 3.05. The Hall–Kier alpha value is -1.31. The fourth-order valence-electron chi connectivity index (χ4n) is 2.10. The Balaban J connectivity index is 2.37. The summed E-state index contributed by atoms with van der Waals surface area (Å²) in [6, 6.07) is 2.00. The number of hydrogen-bond donors (Lipinski definition) is 2. The van der Waals surface area contributed by atoms with Gasteiger partial charge in [0.25, 0.3) is 10.0 Å². The molecule has 0 saturated heterocycles. The van der Waals surface area contributed by atoms with Crippen molar-refractivity contribution in [2.24, 2.45) is 0 Å². The summed E-state index contributed by atoms with van der Waals surface area (Å²) in [7, 11) is -3.65. The van der Waals surface area contributed by atoms with E-state index in [-0.39, 0.29) is 10.9 Å². The van der Waals surface area contributed by atoms with Crippen LogP contribution in [0.15, 0.2) is 26.1 Å². The quantitative estimate of drug-likeness (QED) is 0.854. The summed E-state index contributed by atoms with van der Waals surface area (Å²) < 4.78 is 33.3. The molecule has 2 heterocycles. The second kappa shape index (κ2) is 6.21. The molecule has 21 heavy (non-hydrogen) atoms. The molecule has 0 radical (unpaired) electrons. The molecule has 0 aliphatic rings. The number of sulfonamides is 1. The fraction of sp³-hybridized carbons (Fsp3) is 0.429. The van der Waals surface area contributed by atoms with Gasteiger partial charge in [0.15, 0.2) is 0 Å². The van der Waals surface area contributed by atoms with Crippen molar-refractivity contribution in [3.8, 4) is 0 Å². The molecule has 7 heteroatoms. The van der Waals surface area contributed by atoms with Gasteiger partial charge in [-0.2, -0.15) is 11.3 Å². The Morgan fingerprint density at radius 1 is 1.29 bits per heavy atom. The maximum absolute atomic E-state index is 12.6. The first-order valence-electron chi connectivity index (χ1n) is 6.68. The highest BCUT2D eigenvalue weighted by Gasteiger charge is 2.27. The number of furan rings is 1. The molecule has 0 saturated carbocycles. The van der Waals surface area contributed by atoms with Crippen LogP contribution < -0.4 is 10.0 Å². The van der Waals surface area contributed by atoms with Crippen LogP contribution in [0.5, 0.6) is 0 Å². The van der Waals surface area contributed by atoms with Crippen molar-refractivity contribution in [3.63, 3.8) is 0 Å². The third kappa shape index (κ3) is 3.66. The molecule has 2 N–H and O–H groups in total. The molecule has 5 nitrogen and oxygen atoms in total. The van der Waals surface area contributed by atoms with E-state index in [4.69, 9.17) is 4.42 Å². The predicted octanol–water partition coefficient (Wildman–Crippen LogP) is 3.26. The minimum absolute atomic E-state index is 0.236. The zero-order chi connectivity index (χ0) is 15.6. The van der Waals surface area contributed by atoms with Crippen LogP contribution >= 0.6 is 11.3 Å². The average molecular weight is 328 g/mol. The van der Waals surface area contributed by atoms with E-state index in [1.807, 2.05) is 19.2 Å². The molecular weight excluding hydrogens is 308 g/mol. The fourth-order valence-corrected chi connectivity index (χ4v) is 4.26. The molecule has 0 bridgehead atoms. The first kappa shape index (κ1) is 16.1. The highest BCUT2D eigenvalue weighted by Crippen LogP contribution is 2.28. The third-order valence-corrected chi connectivity index (χ3v) is 5.31. The van der Waals surface area contributed by atoms with Crippen molar-refractivity contribution in [1.29, 1.82) is 0 Å². The first-order valence-corrected chi connectivity index (χ1v) is 9.11. The number of hydrogen-bond acceptors (Lipinski definition) is 5. The lowest BCUT2D eigenvalue weighted by atomic mass is 10.2. The summed E-state index contributed by atoms with van der Waals surface area (Å²) >= 11 is 1.44. The maximum Gasteiger partial charge on any atom is 0.265 e. The van der Waals surface area contributed by atoms with E-state index in [9.17, 15) is 8.42 Å². The van der Waals surface area contributed by atoms with Crippen LogP contribution in [0.3, 0.4) is 0 Å². The molecule has 0 atom stereocenters. The van der Waals surface area contributed by atoms with Crippen LogP contribution in [0.4, 0.5) is 5.69 Å². The minimum atomic E-state index is -3.65. The van der Waals surface area contributed by atoms with Gasteiger partial charge in [-0.05, 0) is 25.3 Å². The van der Waals surface area contributed by atoms with Crippen molar-refractivity contribution < 1.29 is 12.8 Å². The second-order valence-electron chi connectivity index (χ2n) is 5.18. The highest BCUT2D eigenvalue weighted by atomic mass is 32.2. The summed E-state index contributed by atoms with van der Waals surface area (Å²) in [4.78, 5) is 0.236. The largest absolute Gasteiger partial charge is 0.465 e. The molecule has 0 aliphatic carbocycles. The molecule has 0 unspecified atom stereocenters. The van der Waals surface area contributed by atoms with Gasteiger partial charge in [-0.25, -0.2) is 8.42 Å². The van der Waals surface area contributed by atoms with E-state index in [0.717, 1.165) is 0 Å². The van der Waals surface area contributed by atoms with Gasteiger partial charge in [-0.15, -0.1) is 0 Å². The second-order valence-corrected chi connectivity index (χ2v) is 7.57. The number of rotatable bonds is 6. The summed E-state index contributed by atoms with van der Waals surface area (Å²) in [5, 5.41) is 6.82. The van der Waals surface area contributed by atoms with Crippen molar-refractivity contribution in [2.75, 3.05) is 4.72 Å². The molecule has 2 aromatic heterocycles. The van der Waals surface area contributed by atoms with Crippen LogP contribution in [-0.2, 0) is 16.6 Å². The van der Waals surface area contributed by atoms with Gasteiger partial charge in [0, 0.05) is 23.5 Å². The Labute approximate surface area is 129 Å². The summed E-state index contributed by atoms with van der Waals surface area (Å²) in [6.45, 7) is 7.95. The van der Waals surface area contributed by atoms with E-state index >= 15 is 0 Å². The molecule has 0 amide bonds. The van der Waals surface area contributed by atoms with Crippen molar-refractivity contribution in [1.82, 2.24) is 5.32 Å². The van der Waals surface area contributed by atoms with Crippen LogP contribution in [0.25, 0.3) is 0 Å². The molecule has 2 rings (SSSR count). The Bertz CT molecular complexity index is 701. The van der Waals surface area contributed by atoms with E-state index in [1.165, 1.54) is 11.3 Å². The SMILES string of the molecule is Cc1oc(C)c(S(=O)(=O)Nc2ccsc2)c1CNC(C)C. The standard InChI is InChI=1S/C14H20N2O3S2/c1-9(2)15-7-13-10(3)19-11(4)14(13)21(17,18)16-12-5-6-20-8-12/h5-6,8-9,15-16H,7H2,1-4H3. The molecule has 116 valence electrons. The molecule has 0 aromatic carbocycles. The van der Waals surface area contributed by atoms with Gasteiger partial charge in [0.1, 0.15) is 16.4 Å². The minimum Gasteiger partial charge on any atom is -0.465 e. The topological polar surface area (TPSA) is 71.3 Å². The van der Waals surface area contributed by atoms with Crippen LogP contribution in [-0.4, -0.2) is 14.5 Å². The molecule has 0 aliphatic heterocycles. The van der Waals surface area contributed by atoms with Crippen LogP contribution in [0, 0.1) is 13.8 Å². The Kier molecular flexibility index (Phi) is 4.75. The van der Waals surface area contributed by atoms with Crippen LogP contribution in [0.1, 0.15) is 30.9 Å². The number of thiophene rings is 1. The van der Waals surface area contributed by atoms with E-state index in [2.05, 4.69) is 10.0 Å². The number of aryl methyl sites for hydroxylation is 2. The highest BCUT2D eigenvalue weighted by molar-refractivity contribution is 7.92. The van der Waals surface area contributed by atoms with Gasteiger partial charge in [0.05, 0.1) is 5.69 Å². The van der Waals surface area contributed by atoms with Gasteiger partial charge >= 0.3 is 0 Å². The number of anilines is 1. The van der Waals surface area contributed by atoms with E-state index in [0.29, 0.717) is 29.3 Å². The monoisotopic (exact) mass is 328 g/mol. The Morgan fingerprint density at radius 3 is 2.57 bits per heavy atom. The van der Waals surface area contributed by atoms with Gasteiger partial charge in [0.2, 0.25) is 0 Å². The van der Waals surface area contributed by atoms with Gasteiger partial charge in [-0.3, -0.25) is 4.72 Å². The van der Waals surface area contributed by atoms with Gasteiger partial charge in [-0.1, -0.05) is 13.8 Å². The lowest BCUT2D eigenvalue weighted by Crippen LogP contribution is -2.24. The van der Waals surface area contributed by atoms with Crippen molar-refractivity contribution in [2.45, 2.75) is 45.2 Å². The van der Waals surface area contributed by atoms with Crippen molar-refractivity contribution >= 4 is 27.0 Å². The average Bonchev–Trinajstić information content (AvgIpc) is 2.94. The van der Waals surface area contributed by atoms with Crippen molar-refractivity contribution in [3.05, 3.63) is 33.9 Å².